The molecular formula is C18H16ClN5OS. The van der Waals surface area contributed by atoms with Crippen LogP contribution in [-0.2, 0) is 4.79 Å². The van der Waals surface area contributed by atoms with Crippen molar-refractivity contribution in [3.63, 3.8) is 0 Å². The first-order valence-corrected chi connectivity index (χ1v) is 8.99. The van der Waals surface area contributed by atoms with Crippen LogP contribution in [0.4, 0.5) is 16.5 Å². The molecule has 3 N–H and O–H groups in total. The van der Waals surface area contributed by atoms with Gasteiger partial charge in [-0.3, -0.25) is 4.79 Å². The molecule has 0 atom stereocenters. The van der Waals surface area contributed by atoms with Crippen LogP contribution in [0.25, 0.3) is 0 Å². The van der Waals surface area contributed by atoms with Crippen LogP contribution in [0.3, 0.4) is 0 Å². The average Bonchev–Trinajstić information content (AvgIpc) is 3.01. The van der Waals surface area contributed by atoms with E-state index in [1.54, 1.807) is 0 Å². The van der Waals surface area contributed by atoms with E-state index in [9.17, 15) is 4.79 Å². The second-order valence-electron chi connectivity index (χ2n) is 5.18. The Morgan fingerprint density at radius 2 is 1.73 bits per heavy atom. The molecule has 0 saturated heterocycles. The molecule has 0 unspecified atom stereocenters. The van der Waals surface area contributed by atoms with E-state index >= 15 is 0 Å². The van der Waals surface area contributed by atoms with Crippen molar-refractivity contribution in [2.75, 3.05) is 17.2 Å². The minimum absolute atomic E-state index is 0.124. The molecule has 8 heteroatoms. The third-order valence-corrected chi connectivity index (χ3v) is 4.54. The van der Waals surface area contributed by atoms with E-state index in [-0.39, 0.29) is 12.5 Å². The number of carbonyl (C=O) groups is 1. The van der Waals surface area contributed by atoms with E-state index in [1.165, 1.54) is 17.6 Å². The van der Waals surface area contributed by atoms with Crippen molar-refractivity contribution in [2.45, 2.75) is 0 Å². The van der Waals surface area contributed by atoms with Gasteiger partial charge in [0, 0.05) is 11.4 Å². The maximum absolute atomic E-state index is 11.8. The van der Waals surface area contributed by atoms with Gasteiger partial charge in [0.25, 0.3) is 5.91 Å². The summed E-state index contributed by atoms with van der Waals surface area (Å²) in [5.74, 6) is -0.256. The third kappa shape index (κ3) is 5.30. The average molecular weight is 386 g/mol. The molecule has 0 spiro atoms. The summed E-state index contributed by atoms with van der Waals surface area (Å²) in [5.41, 5.74) is 4.24. The molecule has 0 saturated carbocycles. The van der Waals surface area contributed by atoms with Gasteiger partial charge in [0.05, 0.1) is 17.6 Å². The van der Waals surface area contributed by atoms with Gasteiger partial charge in [0.15, 0.2) is 10.3 Å². The molecule has 0 bridgehead atoms. The van der Waals surface area contributed by atoms with Crippen LogP contribution in [0.1, 0.15) is 4.88 Å². The van der Waals surface area contributed by atoms with E-state index in [1.807, 2.05) is 60.7 Å². The number of nitrogens with zero attached hydrogens (tertiary/aromatic N) is 2. The lowest BCUT2D eigenvalue weighted by Crippen LogP contribution is -2.25. The quantitative estimate of drug-likeness (QED) is 0.422. The van der Waals surface area contributed by atoms with E-state index in [2.05, 4.69) is 26.1 Å². The van der Waals surface area contributed by atoms with Crippen LogP contribution >= 0.6 is 22.9 Å². The van der Waals surface area contributed by atoms with Crippen molar-refractivity contribution < 1.29 is 4.79 Å². The summed E-state index contributed by atoms with van der Waals surface area (Å²) < 4.78 is 0. The molecule has 0 radical (unpaired) electrons. The molecule has 0 fully saturated rings. The first-order chi connectivity index (χ1) is 12.7. The molecule has 0 aliphatic rings. The fourth-order valence-electron chi connectivity index (χ4n) is 2.03. The fraction of sp³-hybridized carbons (Fsp3) is 0.0556. The zero-order chi connectivity index (χ0) is 18.2. The Labute approximate surface area is 159 Å². The van der Waals surface area contributed by atoms with Crippen LogP contribution < -0.4 is 16.1 Å². The lowest BCUT2D eigenvalue weighted by Gasteiger charge is -2.04. The number of amides is 1. The zero-order valence-electron chi connectivity index (χ0n) is 13.6. The molecule has 0 aliphatic heterocycles. The number of aromatic nitrogens is 1. The molecular weight excluding hydrogens is 370 g/mol. The van der Waals surface area contributed by atoms with Crippen LogP contribution in [-0.4, -0.2) is 23.7 Å². The number of para-hydroxylation sites is 2. The maximum atomic E-state index is 11.8. The smallest absolute Gasteiger partial charge is 0.259 e. The highest BCUT2D eigenvalue weighted by Crippen LogP contribution is 2.27. The van der Waals surface area contributed by atoms with E-state index in [0.717, 1.165) is 11.4 Å². The Balaban J connectivity index is 1.51. The standard InChI is InChI=1S/C18H16ClN5OS/c19-17-15(26-18(23-17)22-14-9-5-2-6-10-14)11-21-24-16(25)12-20-13-7-3-1-4-8-13/h1-11,20H,12H2,(H,22,23)(H,24,25). The summed E-state index contributed by atoms with van der Waals surface area (Å²) in [6.07, 6.45) is 1.48. The highest BCUT2D eigenvalue weighted by atomic mass is 35.5. The second kappa shape index (κ2) is 8.98. The fourth-order valence-corrected chi connectivity index (χ4v) is 3.08. The highest BCUT2D eigenvalue weighted by Gasteiger charge is 2.08. The van der Waals surface area contributed by atoms with Gasteiger partial charge in [0.2, 0.25) is 0 Å². The first kappa shape index (κ1) is 17.9. The van der Waals surface area contributed by atoms with Crippen molar-refractivity contribution in [1.29, 1.82) is 0 Å². The predicted molar refractivity (Wildman–Crippen MR) is 108 cm³/mol. The predicted octanol–water partition coefficient (Wildman–Crippen LogP) is 4.10. The van der Waals surface area contributed by atoms with E-state index in [0.29, 0.717) is 15.2 Å². The molecule has 132 valence electrons. The summed E-state index contributed by atoms with van der Waals surface area (Å²) in [6, 6.07) is 19.1. The lowest BCUT2D eigenvalue weighted by molar-refractivity contribution is -0.119. The number of halogens is 1. The van der Waals surface area contributed by atoms with Crippen LogP contribution in [0.2, 0.25) is 5.15 Å². The molecule has 3 rings (SSSR count). The van der Waals surface area contributed by atoms with Crippen molar-refractivity contribution in [3.8, 4) is 0 Å². The Kier molecular flexibility index (Phi) is 6.19. The van der Waals surface area contributed by atoms with E-state index in [4.69, 9.17) is 11.6 Å². The maximum Gasteiger partial charge on any atom is 0.259 e. The van der Waals surface area contributed by atoms with Crippen LogP contribution in [0, 0.1) is 0 Å². The number of hydrazone groups is 1. The monoisotopic (exact) mass is 385 g/mol. The van der Waals surface area contributed by atoms with Crippen molar-refractivity contribution in [3.05, 3.63) is 70.7 Å². The Morgan fingerprint density at radius 3 is 2.42 bits per heavy atom. The van der Waals surface area contributed by atoms with Crippen LogP contribution in [0.5, 0.6) is 0 Å². The highest BCUT2D eigenvalue weighted by molar-refractivity contribution is 7.17. The van der Waals surface area contributed by atoms with Crippen molar-refractivity contribution >= 4 is 51.6 Å². The molecule has 0 aliphatic carbocycles. The second-order valence-corrected chi connectivity index (χ2v) is 6.57. The van der Waals surface area contributed by atoms with Gasteiger partial charge in [-0.25, -0.2) is 10.4 Å². The molecule has 1 aromatic heterocycles. The van der Waals surface area contributed by atoms with Gasteiger partial charge in [-0.2, -0.15) is 5.10 Å². The topological polar surface area (TPSA) is 78.4 Å². The molecule has 6 nitrogen and oxygen atoms in total. The van der Waals surface area contributed by atoms with Crippen molar-refractivity contribution in [2.24, 2.45) is 5.10 Å². The number of nitrogens with one attached hydrogen (secondary N) is 3. The first-order valence-electron chi connectivity index (χ1n) is 7.80. The normalized spacial score (nSPS) is 10.7. The number of hydrogen-bond donors (Lipinski definition) is 3. The minimum atomic E-state index is -0.256. The van der Waals surface area contributed by atoms with Crippen molar-refractivity contribution in [1.82, 2.24) is 10.4 Å². The molecule has 1 amide bonds. The molecule has 1 heterocycles. The van der Waals surface area contributed by atoms with Gasteiger partial charge in [-0.15, -0.1) is 0 Å². The summed E-state index contributed by atoms with van der Waals surface area (Å²) in [7, 11) is 0. The number of rotatable bonds is 7. The largest absolute Gasteiger partial charge is 0.376 e. The summed E-state index contributed by atoms with van der Waals surface area (Å²) in [6.45, 7) is 0.124. The molecule has 26 heavy (non-hydrogen) atoms. The number of anilines is 3. The van der Waals surface area contributed by atoms with Gasteiger partial charge in [-0.1, -0.05) is 59.3 Å². The SMILES string of the molecule is O=C(CNc1ccccc1)NN=Cc1sc(Nc2ccccc2)nc1Cl. The summed E-state index contributed by atoms with van der Waals surface area (Å²) in [4.78, 5) is 16.7. The molecule has 2 aromatic carbocycles. The van der Waals surface area contributed by atoms with Crippen LogP contribution in [0.15, 0.2) is 65.8 Å². The van der Waals surface area contributed by atoms with Gasteiger partial charge in [-0.05, 0) is 24.3 Å². The van der Waals surface area contributed by atoms with Gasteiger partial charge in [0.1, 0.15) is 0 Å². The number of carbonyl (C=O) groups excluding carboxylic acids is 1. The Bertz CT molecular complexity index is 883. The van der Waals surface area contributed by atoms with E-state index < -0.39 is 0 Å². The lowest BCUT2D eigenvalue weighted by atomic mass is 10.3. The Morgan fingerprint density at radius 1 is 1.08 bits per heavy atom. The van der Waals surface area contributed by atoms with Gasteiger partial charge < -0.3 is 10.6 Å². The minimum Gasteiger partial charge on any atom is -0.376 e. The Hall–Kier alpha value is -2.90. The molecule has 3 aromatic rings. The summed E-state index contributed by atoms with van der Waals surface area (Å²) in [5, 5.41) is 11.1. The summed E-state index contributed by atoms with van der Waals surface area (Å²) >= 11 is 7.46. The van der Waals surface area contributed by atoms with Gasteiger partial charge >= 0.3 is 0 Å². The number of benzene rings is 2. The number of thiazole rings is 1. The zero-order valence-corrected chi connectivity index (χ0v) is 15.2. The number of hydrogen-bond acceptors (Lipinski definition) is 6. The third-order valence-electron chi connectivity index (χ3n) is 3.23.